The van der Waals surface area contributed by atoms with Crippen molar-refractivity contribution in [3.8, 4) is 5.75 Å². The maximum atomic E-state index is 13.2. The fourth-order valence-corrected chi connectivity index (χ4v) is 2.31. The van der Waals surface area contributed by atoms with Gasteiger partial charge in [0.1, 0.15) is 11.6 Å². The average Bonchev–Trinajstić information content (AvgIpc) is 2.42. The molecule has 0 heterocycles. The van der Waals surface area contributed by atoms with Gasteiger partial charge in [-0.15, -0.1) is 0 Å². The van der Waals surface area contributed by atoms with Crippen LogP contribution in [0.15, 0.2) is 46.9 Å². The molecule has 0 aliphatic heterocycles. The van der Waals surface area contributed by atoms with Gasteiger partial charge in [0.05, 0.1) is 11.6 Å². The molecule has 1 atom stereocenters. The van der Waals surface area contributed by atoms with Crippen LogP contribution in [0.25, 0.3) is 0 Å². The Morgan fingerprint density at radius 3 is 2.74 bits per heavy atom. The summed E-state index contributed by atoms with van der Waals surface area (Å²) < 4.78 is 18.8. The van der Waals surface area contributed by atoms with Gasteiger partial charge in [-0.3, -0.25) is 0 Å². The second-order valence-electron chi connectivity index (χ2n) is 4.34. The Balaban J connectivity index is 2.15. The molecular formula is C15H15BrFNO. The number of hydrogen-bond donors (Lipinski definition) is 1. The summed E-state index contributed by atoms with van der Waals surface area (Å²) >= 11 is 3.17. The molecule has 100 valence electrons. The Morgan fingerprint density at radius 2 is 2.05 bits per heavy atom. The molecule has 2 nitrogen and oxygen atoms in total. The topological polar surface area (TPSA) is 35.2 Å². The van der Waals surface area contributed by atoms with Gasteiger partial charge in [-0.25, -0.2) is 4.39 Å². The summed E-state index contributed by atoms with van der Waals surface area (Å²) in [7, 11) is 1.64. The highest BCUT2D eigenvalue weighted by molar-refractivity contribution is 9.10. The van der Waals surface area contributed by atoms with E-state index in [4.69, 9.17) is 10.5 Å². The van der Waals surface area contributed by atoms with Crippen molar-refractivity contribution in [2.24, 2.45) is 5.73 Å². The van der Waals surface area contributed by atoms with Crippen LogP contribution in [0.1, 0.15) is 17.2 Å². The Morgan fingerprint density at radius 1 is 1.26 bits per heavy atom. The normalized spacial score (nSPS) is 12.2. The van der Waals surface area contributed by atoms with E-state index in [0.717, 1.165) is 16.9 Å². The molecule has 2 N–H and O–H groups in total. The third kappa shape index (κ3) is 3.55. The van der Waals surface area contributed by atoms with Gasteiger partial charge in [-0.2, -0.15) is 0 Å². The fraction of sp³-hybridized carbons (Fsp3) is 0.200. The van der Waals surface area contributed by atoms with E-state index in [-0.39, 0.29) is 11.9 Å². The molecule has 0 saturated carbocycles. The van der Waals surface area contributed by atoms with Gasteiger partial charge in [0.25, 0.3) is 0 Å². The monoisotopic (exact) mass is 323 g/mol. The number of halogens is 2. The summed E-state index contributed by atoms with van der Waals surface area (Å²) in [4.78, 5) is 0. The van der Waals surface area contributed by atoms with Crippen LogP contribution >= 0.6 is 15.9 Å². The van der Waals surface area contributed by atoms with Crippen LogP contribution in [0, 0.1) is 5.82 Å². The van der Waals surface area contributed by atoms with Gasteiger partial charge in [0.2, 0.25) is 0 Å². The first-order valence-electron chi connectivity index (χ1n) is 5.93. The van der Waals surface area contributed by atoms with Gasteiger partial charge >= 0.3 is 0 Å². The van der Waals surface area contributed by atoms with E-state index >= 15 is 0 Å². The van der Waals surface area contributed by atoms with E-state index < -0.39 is 0 Å². The number of methoxy groups -OCH3 is 1. The molecule has 19 heavy (non-hydrogen) atoms. The summed E-state index contributed by atoms with van der Waals surface area (Å²) in [5, 5.41) is 0. The van der Waals surface area contributed by atoms with Crippen LogP contribution in [0.4, 0.5) is 4.39 Å². The minimum Gasteiger partial charge on any atom is -0.497 e. The molecular weight excluding hydrogens is 309 g/mol. The number of hydrogen-bond acceptors (Lipinski definition) is 2. The van der Waals surface area contributed by atoms with Gasteiger partial charge in [-0.1, -0.05) is 18.2 Å². The second-order valence-corrected chi connectivity index (χ2v) is 5.19. The molecule has 1 unspecified atom stereocenters. The highest BCUT2D eigenvalue weighted by Gasteiger charge is 2.10. The van der Waals surface area contributed by atoms with E-state index in [2.05, 4.69) is 15.9 Å². The van der Waals surface area contributed by atoms with Gasteiger partial charge in [-0.05, 0) is 57.7 Å². The third-order valence-corrected chi connectivity index (χ3v) is 3.57. The zero-order valence-electron chi connectivity index (χ0n) is 10.6. The van der Waals surface area contributed by atoms with Crippen molar-refractivity contribution in [3.05, 3.63) is 63.9 Å². The Kier molecular flexibility index (Phi) is 4.56. The van der Waals surface area contributed by atoms with Crippen LogP contribution in [0.3, 0.4) is 0 Å². The third-order valence-electron chi connectivity index (χ3n) is 2.96. The summed E-state index contributed by atoms with van der Waals surface area (Å²) in [5.41, 5.74) is 8.14. The van der Waals surface area contributed by atoms with Crippen LogP contribution in [0.5, 0.6) is 5.75 Å². The molecule has 0 aliphatic carbocycles. The zero-order valence-corrected chi connectivity index (χ0v) is 12.2. The molecule has 2 aromatic carbocycles. The number of rotatable bonds is 4. The maximum absolute atomic E-state index is 13.2. The van der Waals surface area contributed by atoms with Crippen LogP contribution in [0.2, 0.25) is 0 Å². The van der Waals surface area contributed by atoms with E-state index in [1.165, 1.54) is 6.07 Å². The SMILES string of the molecule is COc1cccc(CC(N)c2ccc(F)c(Br)c2)c1. The minimum absolute atomic E-state index is 0.177. The molecule has 0 aromatic heterocycles. The second kappa shape index (κ2) is 6.17. The molecule has 0 fully saturated rings. The van der Waals surface area contributed by atoms with Crippen LogP contribution < -0.4 is 10.5 Å². The number of ether oxygens (including phenoxy) is 1. The maximum Gasteiger partial charge on any atom is 0.137 e. The van der Waals surface area contributed by atoms with Crippen LogP contribution in [-0.2, 0) is 6.42 Å². The van der Waals surface area contributed by atoms with E-state index in [1.54, 1.807) is 19.2 Å². The predicted molar refractivity (Wildman–Crippen MR) is 77.7 cm³/mol. The smallest absolute Gasteiger partial charge is 0.137 e. The summed E-state index contributed by atoms with van der Waals surface area (Å²) in [5.74, 6) is 0.530. The van der Waals surface area contributed by atoms with Crippen molar-refractivity contribution in [3.63, 3.8) is 0 Å². The first-order valence-corrected chi connectivity index (χ1v) is 6.73. The molecule has 0 spiro atoms. The quantitative estimate of drug-likeness (QED) is 0.927. The lowest BCUT2D eigenvalue weighted by atomic mass is 9.99. The van der Waals surface area contributed by atoms with Gasteiger partial charge in [0.15, 0.2) is 0 Å². The fourth-order valence-electron chi connectivity index (χ4n) is 1.91. The molecule has 0 saturated heterocycles. The van der Waals surface area contributed by atoms with Crippen molar-refractivity contribution >= 4 is 15.9 Å². The molecule has 0 radical (unpaired) electrons. The predicted octanol–water partition coefficient (Wildman–Crippen LogP) is 3.84. The largest absolute Gasteiger partial charge is 0.497 e. The molecule has 2 aromatic rings. The van der Waals surface area contributed by atoms with E-state index in [0.29, 0.717) is 10.9 Å². The number of nitrogens with two attached hydrogens (primary N) is 1. The lowest BCUT2D eigenvalue weighted by Crippen LogP contribution is -2.13. The lowest BCUT2D eigenvalue weighted by Gasteiger charge is -2.13. The summed E-state index contributed by atoms with van der Waals surface area (Å²) in [6.07, 6.45) is 0.676. The summed E-state index contributed by atoms with van der Waals surface area (Å²) in [6, 6.07) is 12.5. The van der Waals surface area contributed by atoms with Gasteiger partial charge < -0.3 is 10.5 Å². The first-order chi connectivity index (χ1) is 9.10. The van der Waals surface area contributed by atoms with Crippen molar-refractivity contribution in [2.75, 3.05) is 7.11 Å². The standard InChI is InChI=1S/C15H15BrFNO/c1-19-12-4-2-3-10(7-12)8-15(18)11-5-6-14(17)13(16)9-11/h2-7,9,15H,8,18H2,1H3. The van der Waals surface area contributed by atoms with Crippen molar-refractivity contribution in [1.29, 1.82) is 0 Å². The van der Waals surface area contributed by atoms with Crippen molar-refractivity contribution < 1.29 is 9.13 Å². The highest BCUT2D eigenvalue weighted by atomic mass is 79.9. The first kappa shape index (κ1) is 14.0. The number of benzene rings is 2. The Labute approximate surface area is 120 Å². The minimum atomic E-state index is -0.280. The zero-order chi connectivity index (χ0) is 13.8. The molecule has 0 aliphatic rings. The Bertz CT molecular complexity index is 574. The molecule has 4 heteroatoms. The van der Waals surface area contributed by atoms with Crippen molar-refractivity contribution in [1.82, 2.24) is 0 Å². The van der Waals surface area contributed by atoms with Crippen LogP contribution in [-0.4, -0.2) is 7.11 Å². The van der Waals surface area contributed by atoms with Crippen molar-refractivity contribution in [2.45, 2.75) is 12.5 Å². The molecule has 2 rings (SSSR count). The highest BCUT2D eigenvalue weighted by Crippen LogP contribution is 2.23. The summed E-state index contributed by atoms with van der Waals surface area (Å²) in [6.45, 7) is 0. The van der Waals surface area contributed by atoms with E-state index in [1.807, 2.05) is 24.3 Å². The molecule has 0 amide bonds. The lowest BCUT2D eigenvalue weighted by molar-refractivity contribution is 0.414. The molecule has 0 bridgehead atoms. The Hall–Kier alpha value is -1.39. The van der Waals surface area contributed by atoms with Gasteiger partial charge in [0, 0.05) is 6.04 Å². The van der Waals surface area contributed by atoms with E-state index in [9.17, 15) is 4.39 Å². The average molecular weight is 324 g/mol.